The zero-order chi connectivity index (χ0) is 20.0. The van der Waals surface area contributed by atoms with Gasteiger partial charge in [0, 0.05) is 0 Å². The van der Waals surface area contributed by atoms with E-state index in [0.29, 0.717) is 24.7 Å². The summed E-state index contributed by atoms with van der Waals surface area (Å²) < 4.78 is 62.5. The third-order valence-corrected chi connectivity index (χ3v) is 5.76. The maximum atomic E-state index is 14.7. The first kappa shape index (κ1) is 21.0. The molecule has 0 atom stereocenters. The van der Waals surface area contributed by atoms with Crippen molar-refractivity contribution >= 4 is 0 Å². The number of halogens is 4. The molecule has 28 heavy (non-hydrogen) atoms. The highest BCUT2D eigenvalue weighted by atomic mass is 19.4. The molecule has 0 bridgehead atoms. The Bertz CT molecular complexity index is 659. The van der Waals surface area contributed by atoms with Crippen molar-refractivity contribution in [1.82, 2.24) is 0 Å². The number of hydrogen-bond acceptors (Lipinski definition) is 2. The van der Waals surface area contributed by atoms with Crippen molar-refractivity contribution in [1.29, 1.82) is 0 Å². The molecule has 0 heterocycles. The number of rotatable bonds is 9. The first-order chi connectivity index (χ1) is 13.4. The monoisotopic (exact) mass is 400 g/mol. The molecular weight excluding hydrogens is 372 g/mol. The number of ether oxygens (including phenoxy) is 2. The molecule has 1 aromatic carbocycles. The summed E-state index contributed by atoms with van der Waals surface area (Å²) in [5.74, 6) is -0.864. The molecule has 2 saturated carbocycles. The lowest BCUT2D eigenvalue weighted by molar-refractivity contribution is -0.276. The number of aryl methyl sites for hydroxylation is 1. The van der Waals surface area contributed by atoms with Crippen molar-refractivity contribution in [3.8, 4) is 11.5 Å². The first-order valence-corrected chi connectivity index (χ1v) is 10.3. The zero-order valence-electron chi connectivity index (χ0n) is 16.1. The number of alkyl halides is 3. The van der Waals surface area contributed by atoms with Gasteiger partial charge in [-0.1, -0.05) is 50.3 Å². The second kappa shape index (κ2) is 9.66. The van der Waals surface area contributed by atoms with E-state index in [1.54, 1.807) is 0 Å². The Balaban J connectivity index is 1.63. The molecule has 0 N–H and O–H groups in total. The van der Waals surface area contributed by atoms with Crippen LogP contribution in [0.5, 0.6) is 11.5 Å². The molecule has 2 aliphatic carbocycles. The predicted octanol–water partition coefficient (Wildman–Crippen LogP) is 6.97. The van der Waals surface area contributed by atoms with Crippen molar-refractivity contribution in [2.75, 3.05) is 6.61 Å². The van der Waals surface area contributed by atoms with Gasteiger partial charge in [-0.25, -0.2) is 4.39 Å². The van der Waals surface area contributed by atoms with Crippen molar-refractivity contribution in [2.24, 2.45) is 11.8 Å². The number of benzene rings is 1. The second-order valence-corrected chi connectivity index (χ2v) is 7.86. The summed E-state index contributed by atoms with van der Waals surface area (Å²) in [4.78, 5) is 0. The Morgan fingerprint density at radius 3 is 2.43 bits per heavy atom. The van der Waals surface area contributed by atoms with Gasteiger partial charge in [-0.05, 0) is 55.6 Å². The molecule has 2 nitrogen and oxygen atoms in total. The summed E-state index contributed by atoms with van der Waals surface area (Å²) >= 11 is 0. The van der Waals surface area contributed by atoms with Crippen LogP contribution in [0.25, 0.3) is 0 Å². The Morgan fingerprint density at radius 2 is 1.79 bits per heavy atom. The Morgan fingerprint density at radius 1 is 1.04 bits per heavy atom. The van der Waals surface area contributed by atoms with Gasteiger partial charge in [0.2, 0.25) is 5.75 Å². The van der Waals surface area contributed by atoms with Crippen molar-refractivity contribution in [2.45, 2.75) is 70.6 Å². The van der Waals surface area contributed by atoms with E-state index in [2.05, 4.69) is 10.8 Å². The van der Waals surface area contributed by atoms with E-state index >= 15 is 0 Å². The lowest BCUT2D eigenvalue weighted by Crippen LogP contribution is -2.19. The molecule has 1 aromatic rings. The van der Waals surface area contributed by atoms with Crippen LogP contribution in [-0.4, -0.2) is 13.0 Å². The fourth-order valence-corrected chi connectivity index (χ4v) is 3.89. The predicted molar refractivity (Wildman–Crippen MR) is 100.0 cm³/mol. The van der Waals surface area contributed by atoms with Gasteiger partial charge >= 0.3 is 6.36 Å². The van der Waals surface area contributed by atoms with Crippen LogP contribution in [0.3, 0.4) is 0 Å². The molecule has 0 spiro atoms. The van der Waals surface area contributed by atoms with Crippen LogP contribution in [0.2, 0.25) is 0 Å². The van der Waals surface area contributed by atoms with Gasteiger partial charge in [0.1, 0.15) is 0 Å². The largest absolute Gasteiger partial charge is 0.573 e. The number of hydrogen-bond donors (Lipinski definition) is 0. The summed E-state index contributed by atoms with van der Waals surface area (Å²) in [7, 11) is 0. The molecule has 2 fully saturated rings. The number of allylic oxidation sites excluding steroid dienone is 2. The molecule has 6 heteroatoms. The third-order valence-electron chi connectivity index (χ3n) is 5.76. The SMILES string of the molecule is Fc1c(CC/C=C/C2CCC2)ccc(OCCC2CCCC2)c1OC(F)(F)F. The molecule has 0 aromatic heterocycles. The van der Waals surface area contributed by atoms with E-state index in [-0.39, 0.29) is 17.9 Å². The standard InChI is InChI=1S/C22H28F4O2/c23-20-18(11-4-3-6-16-9-5-10-16)12-13-19(21(20)28-22(24,25)26)27-15-14-17-7-1-2-8-17/h3,6,12-13,16-17H,1-2,4-5,7-11,14-15H2/b6-3+. The van der Waals surface area contributed by atoms with E-state index in [1.807, 2.05) is 6.08 Å². The minimum absolute atomic E-state index is 0.179. The van der Waals surface area contributed by atoms with E-state index in [1.165, 1.54) is 44.2 Å². The second-order valence-electron chi connectivity index (χ2n) is 7.86. The molecule has 2 aliphatic rings. The van der Waals surface area contributed by atoms with Gasteiger partial charge in [0.25, 0.3) is 0 Å². The van der Waals surface area contributed by atoms with E-state index in [0.717, 1.165) is 19.3 Å². The van der Waals surface area contributed by atoms with E-state index < -0.39 is 17.9 Å². The quantitative estimate of drug-likeness (QED) is 0.329. The minimum atomic E-state index is -4.97. The summed E-state index contributed by atoms with van der Waals surface area (Å²) in [6, 6.07) is 2.89. The van der Waals surface area contributed by atoms with Crippen molar-refractivity contribution < 1.29 is 27.0 Å². The van der Waals surface area contributed by atoms with Crippen LogP contribution in [0, 0.1) is 17.7 Å². The Labute approximate surface area is 163 Å². The van der Waals surface area contributed by atoms with Crippen LogP contribution < -0.4 is 9.47 Å². The lowest BCUT2D eigenvalue weighted by atomic mass is 9.85. The first-order valence-electron chi connectivity index (χ1n) is 10.3. The minimum Gasteiger partial charge on any atom is -0.490 e. The summed E-state index contributed by atoms with van der Waals surface area (Å²) in [6.45, 7) is 0.266. The van der Waals surface area contributed by atoms with Crippen LogP contribution in [0.4, 0.5) is 17.6 Å². The molecule has 0 amide bonds. The van der Waals surface area contributed by atoms with Crippen LogP contribution >= 0.6 is 0 Å². The summed E-state index contributed by atoms with van der Waals surface area (Å²) in [5.41, 5.74) is 0.209. The Hall–Kier alpha value is -1.72. The van der Waals surface area contributed by atoms with Gasteiger partial charge in [-0.15, -0.1) is 13.2 Å². The molecular formula is C22H28F4O2. The average Bonchev–Trinajstić information content (AvgIpc) is 3.10. The lowest BCUT2D eigenvalue weighted by Gasteiger charge is -2.21. The average molecular weight is 400 g/mol. The highest BCUT2D eigenvalue weighted by Gasteiger charge is 2.35. The van der Waals surface area contributed by atoms with Gasteiger partial charge in [-0.2, -0.15) is 0 Å². The van der Waals surface area contributed by atoms with Gasteiger partial charge < -0.3 is 9.47 Å². The van der Waals surface area contributed by atoms with Gasteiger partial charge in [0.05, 0.1) is 6.61 Å². The fourth-order valence-electron chi connectivity index (χ4n) is 3.89. The van der Waals surface area contributed by atoms with Crippen molar-refractivity contribution in [3.63, 3.8) is 0 Å². The highest BCUT2D eigenvalue weighted by Crippen LogP contribution is 2.37. The fraction of sp³-hybridized carbons (Fsp3) is 0.636. The highest BCUT2D eigenvalue weighted by molar-refractivity contribution is 5.45. The molecule has 0 unspecified atom stereocenters. The van der Waals surface area contributed by atoms with E-state index in [4.69, 9.17) is 4.74 Å². The molecule has 156 valence electrons. The van der Waals surface area contributed by atoms with Crippen LogP contribution in [0.1, 0.15) is 63.4 Å². The topological polar surface area (TPSA) is 18.5 Å². The maximum Gasteiger partial charge on any atom is 0.573 e. The van der Waals surface area contributed by atoms with Crippen LogP contribution in [-0.2, 0) is 6.42 Å². The van der Waals surface area contributed by atoms with Crippen molar-refractivity contribution in [3.05, 3.63) is 35.7 Å². The molecule has 0 aliphatic heterocycles. The zero-order valence-corrected chi connectivity index (χ0v) is 16.1. The van der Waals surface area contributed by atoms with E-state index in [9.17, 15) is 17.6 Å². The van der Waals surface area contributed by atoms with Gasteiger partial charge in [-0.3, -0.25) is 0 Å². The normalized spacial score (nSPS) is 18.6. The Kier molecular flexibility index (Phi) is 7.24. The summed E-state index contributed by atoms with van der Waals surface area (Å²) in [5, 5.41) is 0. The van der Waals surface area contributed by atoms with Crippen LogP contribution in [0.15, 0.2) is 24.3 Å². The molecule has 3 rings (SSSR count). The smallest absolute Gasteiger partial charge is 0.490 e. The van der Waals surface area contributed by atoms with Gasteiger partial charge in [0.15, 0.2) is 11.6 Å². The summed E-state index contributed by atoms with van der Waals surface area (Å²) in [6.07, 6.45) is 9.03. The molecule has 0 saturated heterocycles. The maximum absolute atomic E-state index is 14.7. The third kappa shape index (κ3) is 6.14. The molecule has 0 radical (unpaired) electrons.